The maximum absolute atomic E-state index is 9.63. The number of aliphatic hydroxyl groups excluding tert-OH is 1. The first kappa shape index (κ1) is 13.4. The van der Waals surface area contributed by atoms with E-state index in [1.54, 1.807) is 12.4 Å². The monoisotopic (exact) mass is 279 g/mol. The number of benzene rings is 2. The van der Waals surface area contributed by atoms with Gasteiger partial charge in [0.25, 0.3) is 0 Å². The first-order valence-electron chi connectivity index (χ1n) is 6.84. The number of nitrogens with one attached hydrogen (secondary N) is 1. The van der Waals surface area contributed by atoms with Crippen LogP contribution in [-0.4, -0.2) is 16.7 Å². The van der Waals surface area contributed by atoms with Crippen LogP contribution in [0.25, 0.3) is 10.8 Å². The van der Waals surface area contributed by atoms with E-state index in [2.05, 4.69) is 10.3 Å². The molecule has 1 unspecified atom stereocenters. The fourth-order valence-electron chi connectivity index (χ4n) is 2.43. The number of aromatic nitrogens is 1. The third kappa shape index (κ3) is 2.66. The van der Waals surface area contributed by atoms with Crippen LogP contribution >= 0.6 is 0 Å². The lowest BCUT2D eigenvalue weighted by atomic mass is 10.1. The van der Waals surface area contributed by atoms with Gasteiger partial charge < -0.3 is 16.2 Å². The molecule has 3 aromatic rings. The Morgan fingerprint density at radius 2 is 1.90 bits per heavy atom. The van der Waals surface area contributed by atoms with Gasteiger partial charge in [-0.3, -0.25) is 4.98 Å². The molecule has 4 N–H and O–H groups in total. The van der Waals surface area contributed by atoms with Crippen LogP contribution in [0.3, 0.4) is 0 Å². The maximum Gasteiger partial charge on any atom is 0.0745 e. The van der Waals surface area contributed by atoms with Crippen molar-refractivity contribution in [3.8, 4) is 0 Å². The average molecular weight is 279 g/mol. The molecule has 0 aliphatic carbocycles. The van der Waals surface area contributed by atoms with Crippen molar-refractivity contribution < 1.29 is 5.11 Å². The lowest BCUT2D eigenvalue weighted by Gasteiger charge is -2.20. The van der Waals surface area contributed by atoms with Gasteiger partial charge in [0.05, 0.1) is 24.0 Å². The van der Waals surface area contributed by atoms with Gasteiger partial charge in [-0.2, -0.15) is 0 Å². The standard InChI is InChI=1S/C17H17N3O/c18-17-14-8-9-19-10-13(14)6-7-15(17)20-16(11-21)12-4-2-1-3-5-12/h1-10,16,20-21H,11,18H2. The molecular weight excluding hydrogens is 262 g/mol. The van der Waals surface area contributed by atoms with E-state index in [-0.39, 0.29) is 12.6 Å². The predicted octanol–water partition coefficient (Wildman–Crippen LogP) is 2.96. The molecule has 0 radical (unpaired) electrons. The van der Waals surface area contributed by atoms with Crippen LogP contribution in [0, 0.1) is 0 Å². The number of nitrogens with two attached hydrogens (primary N) is 1. The second-order valence-corrected chi connectivity index (χ2v) is 4.91. The molecule has 0 saturated carbocycles. The summed E-state index contributed by atoms with van der Waals surface area (Å²) in [4.78, 5) is 4.09. The fourth-order valence-corrected chi connectivity index (χ4v) is 2.43. The summed E-state index contributed by atoms with van der Waals surface area (Å²) in [6.07, 6.45) is 3.51. The van der Waals surface area contributed by atoms with Crippen molar-refractivity contribution in [2.75, 3.05) is 17.7 Å². The molecule has 1 aromatic heterocycles. The van der Waals surface area contributed by atoms with E-state index in [0.29, 0.717) is 5.69 Å². The van der Waals surface area contributed by atoms with Gasteiger partial charge in [-0.15, -0.1) is 0 Å². The molecule has 4 nitrogen and oxygen atoms in total. The second-order valence-electron chi connectivity index (χ2n) is 4.91. The Morgan fingerprint density at radius 3 is 2.67 bits per heavy atom. The van der Waals surface area contributed by atoms with Crippen LogP contribution in [0.5, 0.6) is 0 Å². The minimum absolute atomic E-state index is 0.00215. The SMILES string of the molecule is Nc1c(NC(CO)c2ccccc2)ccc2cnccc12. The number of rotatable bonds is 4. The Hall–Kier alpha value is -2.59. The van der Waals surface area contributed by atoms with Gasteiger partial charge in [-0.05, 0) is 17.7 Å². The Kier molecular flexibility index (Phi) is 3.71. The highest BCUT2D eigenvalue weighted by Crippen LogP contribution is 2.30. The summed E-state index contributed by atoms with van der Waals surface area (Å²) >= 11 is 0. The van der Waals surface area contributed by atoms with E-state index in [0.717, 1.165) is 22.0 Å². The first-order valence-corrected chi connectivity index (χ1v) is 6.84. The number of hydrogen-bond acceptors (Lipinski definition) is 4. The molecule has 3 rings (SSSR count). The van der Waals surface area contributed by atoms with Crippen molar-refractivity contribution in [1.82, 2.24) is 4.98 Å². The van der Waals surface area contributed by atoms with Crippen molar-refractivity contribution in [3.05, 3.63) is 66.5 Å². The van der Waals surface area contributed by atoms with Crippen molar-refractivity contribution in [2.24, 2.45) is 0 Å². The zero-order valence-electron chi connectivity index (χ0n) is 11.5. The van der Waals surface area contributed by atoms with E-state index >= 15 is 0 Å². The van der Waals surface area contributed by atoms with Gasteiger partial charge in [0.15, 0.2) is 0 Å². The Balaban J connectivity index is 1.95. The molecule has 2 aromatic carbocycles. The lowest BCUT2D eigenvalue weighted by molar-refractivity contribution is 0.276. The summed E-state index contributed by atoms with van der Waals surface area (Å²) in [7, 11) is 0. The third-order valence-corrected chi connectivity index (χ3v) is 3.58. The molecule has 0 saturated heterocycles. The fraction of sp³-hybridized carbons (Fsp3) is 0.118. The van der Waals surface area contributed by atoms with Crippen LogP contribution in [0.1, 0.15) is 11.6 Å². The number of nitrogen functional groups attached to an aromatic ring is 1. The summed E-state index contributed by atoms with van der Waals surface area (Å²) < 4.78 is 0. The molecule has 21 heavy (non-hydrogen) atoms. The molecule has 0 fully saturated rings. The van der Waals surface area contributed by atoms with E-state index in [1.807, 2.05) is 48.5 Å². The summed E-state index contributed by atoms with van der Waals surface area (Å²) in [5, 5.41) is 14.9. The van der Waals surface area contributed by atoms with Gasteiger partial charge in [-0.1, -0.05) is 36.4 Å². The maximum atomic E-state index is 9.63. The molecule has 0 bridgehead atoms. The van der Waals surface area contributed by atoms with Crippen molar-refractivity contribution in [1.29, 1.82) is 0 Å². The predicted molar refractivity (Wildman–Crippen MR) is 86.0 cm³/mol. The van der Waals surface area contributed by atoms with E-state index in [1.165, 1.54) is 0 Å². The Bertz CT molecular complexity index is 743. The van der Waals surface area contributed by atoms with E-state index in [4.69, 9.17) is 5.73 Å². The molecule has 0 aliphatic heterocycles. The van der Waals surface area contributed by atoms with E-state index in [9.17, 15) is 5.11 Å². The summed E-state index contributed by atoms with van der Waals surface area (Å²) in [6.45, 7) is -0.00215. The van der Waals surface area contributed by atoms with E-state index < -0.39 is 0 Å². The van der Waals surface area contributed by atoms with Gasteiger partial charge in [-0.25, -0.2) is 0 Å². The molecule has 1 heterocycles. The summed E-state index contributed by atoms with van der Waals surface area (Å²) in [5.41, 5.74) is 8.74. The van der Waals surface area contributed by atoms with Crippen molar-refractivity contribution in [3.63, 3.8) is 0 Å². The molecule has 1 atom stereocenters. The number of fused-ring (bicyclic) bond motifs is 1. The largest absolute Gasteiger partial charge is 0.397 e. The first-order chi connectivity index (χ1) is 10.3. The summed E-state index contributed by atoms with van der Waals surface area (Å²) in [5.74, 6) is 0. The van der Waals surface area contributed by atoms with Crippen LogP contribution < -0.4 is 11.1 Å². The molecule has 0 aliphatic rings. The van der Waals surface area contributed by atoms with Gasteiger partial charge in [0.2, 0.25) is 0 Å². The zero-order valence-corrected chi connectivity index (χ0v) is 11.5. The lowest BCUT2D eigenvalue weighted by Crippen LogP contribution is -2.15. The zero-order chi connectivity index (χ0) is 14.7. The van der Waals surface area contributed by atoms with Crippen molar-refractivity contribution >= 4 is 22.1 Å². The highest BCUT2D eigenvalue weighted by atomic mass is 16.3. The van der Waals surface area contributed by atoms with Crippen molar-refractivity contribution in [2.45, 2.75) is 6.04 Å². The molecule has 0 spiro atoms. The minimum atomic E-state index is -0.187. The normalized spacial score (nSPS) is 12.2. The minimum Gasteiger partial charge on any atom is -0.397 e. The van der Waals surface area contributed by atoms with Crippen LogP contribution in [-0.2, 0) is 0 Å². The third-order valence-electron chi connectivity index (χ3n) is 3.58. The van der Waals surface area contributed by atoms with Crippen LogP contribution in [0.4, 0.5) is 11.4 Å². The topological polar surface area (TPSA) is 71.2 Å². The van der Waals surface area contributed by atoms with Gasteiger partial charge in [0.1, 0.15) is 0 Å². The smallest absolute Gasteiger partial charge is 0.0745 e. The molecule has 0 amide bonds. The number of pyridine rings is 1. The summed E-state index contributed by atoms with van der Waals surface area (Å²) in [6, 6.07) is 15.4. The average Bonchev–Trinajstić information content (AvgIpc) is 2.55. The molecular formula is C17H17N3O. The number of anilines is 2. The Morgan fingerprint density at radius 1 is 1.10 bits per heavy atom. The van der Waals surface area contributed by atoms with Crippen LogP contribution in [0.15, 0.2) is 60.9 Å². The highest BCUT2D eigenvalue weighted by Gasteiger charge is 2.12. The van der Waals surface area contributed by atoms with Gasteiger partial charge in [0, 0.05) is 23.2 Å². The Labute approximate surface area is 123 Å². The quantitative estimate of drug-likeness (QED) is 0.642. The number of hydrogen-bond donors (Lipinski definition) is 3. The number of aliphatic hydroxyl groups is 1. The second kappa shape index (κ2) is 5.81. The number of nitrogens with zero attached hydrogens (tertiary/aromatic N) is 1. The highest BCUT2D eigenvalue weighted by molar-refractivity contribution is 5.98. The molecule has 4 heteroatoms. The molecule has 106 valence electrons. The van der Waals surface area contributed by atoms with Crippen LogP contribution in [0.2, 0.25) is 0 Å². The van der Waals surface area contributed by atoms with Gasteiger partial charge >= 0.3 is 0 Å².